The van der Waals surface area contributed by atoms with Gasteiger partial charge in [0.15, 0.2) is 0 Å². The van der Waals surface area contributed by atoms with E-state index >= 15 is 0 Å². The second kappa shape index (κ2) is 4.85. The van der Waals surface area contributed by atoms with Gasteiger partial charge >= 0.3 is 6.18 Å². The number of aromatic nitrogens is 3. The predicted molar refractivity (Wildman–Crippen MR) is 72.2 cm³/mol. The molecule has 0 atom stereocenters. The summed E-state index contributed by atoms with van der Waals surface area (Å²) >= 11 is 0. The number of benzene rings is 1. The normalized spacial score (nSPS) is 12.0. The van der Waals surface area contributed by atoms with Gasteiger partial charge in [-0.05, 0) is 18.2 Å². The molecule has 0 aliphatic heterocycles. The molecule has 2 heterocycles. The van der Waals surface area contributed by atoms with Gasteiger partial charge in [0.25, 0.3) is 0 Å². The topological polar surface area (TPSA) is 67.6 Å². The Morgan fingerprint density at radius 3 is 2.38 bits per heavy atom. The van der Waals surface area contributed by atoms with E-state index < -0.39 is 11.7 Å². The second-order valence-corrected chi connectivity index (χ2v) is 4.51. The number of aromatic amines is 1. The standard InChI is InChI=1S/C14H11F3N4/c15-14(16,17)9-3-1-8(2-4-9)12-13-10(5-6-19-13)20-11(7-18)21-12/h1-6,19H,7,18H2. The molecule has 0 aliphatic carbocycles. The van der Waals surface area contributed by atoms with Gasteiger partial charge in [0, 0.05) is 11.8 Å². The van der Waals surface area contributed by atoms with E-state index in [0.29, 0.717) is 28.1 Å². The molecule has 21 heavy (non-hydrogen) atoms. The Bertz CT molecular complexity index is 775. The maximum absolute atomic E-state index is 12.6. The Morgan fingerprint density at radius 2 is 1.76 bits per heavy atom. The fourth-order valence-electron chi connectivity index (χ4n) is 2.11. The lowest BCUT2D eigenvalue weighted by molar-refractivity contribution is -0.137. The van der Waals surface area contributed by atoms with Crippen molar-refractivity contribution in [3.8, 4) is 11.3 Å². The number of fused-ring (bicyclic) bond motifs is 1. The molecule has 3 N–H and O–H groups in total. The van der Waals surface area contributed by atoms with Crippen molar-refractivity contribution in [3.63, 3.8) is 0 Å². The number of hydrogen-bond acceptors (Lipinski definition) is 3. The van der Waals surface area contributed by atoms with Gasteiger partial charge in [-0.3, -0.25) is 0 Å². The lowest BCUT2D eigenvalue weighted by Crippen LogP contribution is -2.05. The number of halogens is 3. The van der Waals surface area contributed by atoms with Crippen LogP contribution in [0, 0.1) is 0 Å². The molecule has 3 aromatic rings. The predicted octanol–water partition coefficient (Wildman–Crippen LogP) is 3.10. The minimum absolute atomic E-state index is 0.161. The number of rotatable bonds is 2. The number of nitrogens with two attached hydrogens (primary N) is 1. The molecule has 1 aromatic carbocycles. The SMILES string of the molecule is NCc1nc(-c2ccc(C(F)(F)F)cc2)c2[nH]ccc2n1. The monoisotopic (exact) mass is 292 g/mol. The number of alkyl halides is 3. The van der Waals surface area contributed by atoms with E-state index in [2.05, 4.69) is 15.0 Å². The zero-order valence-electron chi connectivity index (χ0n) is 10.8. The zero-order chi connectivity index (χ0) is 15.0. The fourth-order valence-corrected chi connectivity index (χ4v) is 2.11. The number of nitrogens with zero attached hydrogens (tertiary/aromatic N) is 2. The molecule has 0 unspecified atom stereocenters. The summed E-state index contributed by atoms with van der Waals surface area (Å²) < 4.78 is 37.8. The van der Waals surface area contributed by atoms with Crippen LogP contribution in [0.15, 0.2) is 36.5 Å². The summed E-state index contributed by atoms with van der Waals surface area (Å²) in [4.78, 5) is 11.5. The van der Waals surface area contributed by atoms with E-state index in [1.807, 2.05) is 0 Å². The van der Waals surface area contributed by atoms with Gasteiger partial charge in [-0.25, -0.2) is 9.97 Å². The molecule has 2 aromatic heterocycles. The van der Waals surface area contributed by atoms with E-state index in [0.717, 1.165) is 12.1 Å². The average Bonchev–Trinajstić information content (AvgIpc) is 2.93. The minimum Gasteiger partial charge on any atom is -0.358 e. The van der Waals surface area contributed by atoms with Crippen molar-refractivity contribution in [2.45, 2.75) is 12.7 Å². The van der Waals surface area contributed by atoms with Gasteiger partial charge in [-0.15, -0.1) is 0 Å². The lowest BCUT2D eigenvalue weighted by Gasteiger charge is -2.08. The van der Waals surface area contributed by atoms with Gasteiger partial charge in [-0.2, -0.15) is 13.2 Å². The Hall–Kier alpha value is -2.41. The highest BCUT2D eigenvalue weighted by Crippen LogP contribution is 2.31. The van der Waals surface area contributed by atoms with Crippen molar-refractivity contribution < 1.29 is 13.2 Å². The summed E-state index contributed by atoms with van der Waals surface area (Å²) in [6.07, 6.45) is -2.65. The van der Waals surface area contributed by atoms with E-state index in [9.17, 15) is 13.2 Å². The molecule has 0 spiro atoms. The van der Waals surface area contributed by atoms with Crippen molar-refractivity contribution >= 4 is 11.0 Å². The third-order valence-electron chi connectivity index (χ3n) is 3.12. The lowest BCUT2D eigenvalue weighted by atomic mass is 10.1. The first kappa shape index (κ1) is 13.6. The van der Waals surface area contributed by atoms with Gasteiger partial charge in [0.1, 0.15) is 5.82 Å². The highest BCUT2D eigenvalue weighted by molar-refractivity contribution is 5.89. The first-order chi connectivity index (χ1) is 9.99. The van der Waals surface area contributed by atoms with Crippen molar-refractivity contribution in [1.82, 2.24) is 15.0 Å². The van der Waals surface area contributed by atoms with Crippen LogP contribution in [0.4, 0.5) is 13.2 Å². The van der Waals surface area contributed by atoms with Gasteiger partial charge in [0.05, 0.1) is 28.8 Å². The molecule has 0 saturated carbocycles. The number of hydrogen-bond donors (Lipinski definition) is 2. The molecular formula is C14H11F3N4. The highest BCUT2D eigenvalue weighted by Gasteiger charge is 2.30. The summed E-state index contributed by atoms with van der Waals surface area (Å²) in [7, 11) is 0. The molecule has 0 radical (unpaired) electrons. The van der Waals surface area contributed by atoms with Gasteiger partial charge in [-0.1, -0.05) is 12.1 Å². The molecule has 4 nitrogen and oxygen atoms in total. The van der Waals surface area contributed by atoms with Crippen LogP contribution in [0.25, 0.3) is 22.3 Å². The minimum atomic E-state index is -4.35. The molecule has 0 amide bonds. The third-order valence-corrected chi connectivity index (χ3v) is 3.12. The first-order valence-corrected chi connectivity index (χ1v) is 6.21. The molecule has 0 bridgehead atoms. The van der Waals surface area contributed by atoms with Crippen LogP contribution < -0.4 is 5.73 Å². The average molecular weight is 292 g/mol. The Kier molecular flexibility index (Phi) is 3.13. The van der Waals surface area contributed by atoms with Crippen LogP contribution in [0.1, 0.15) is 11.4 Å². The Balaban J connectivity index is 2.13. The van der Waals surface area contributed by atoms with Crippen LogP contribution in [0.2, 0.25) is 0 Å². The van der Waals surface area contributed by atoms with Crippen LogP contribution in [0.5, 0.6) is 0 Å². The first-order valence-electron chi connectivity index (χ1n) is 6.21. The summed E-state index contributed by atoms with van der Waals surface area (Å²) in [6, 6.07) is 6.63. The summed E-state index contributed by atoms with van der Waals surface area (Å²) in [5.41, 5.74) is 7.33. The molecule has 3 rings (SSSR count). The smallest absolute Gasteiger partial charge is 0.358 e. The zero-order valence-corrected chi connectivity index (χ0v) is 10.8. The highest BCUT2D eigenvalue weighted by atomic mass is 19.4. The maximum atomic E-state index is 12.6. The largest absolute Gasteiger partial charge is 0.416 e. The molecule has 0 saturated heterocycles. The Labute approximate surface area is 117 Å². The quantitative estimate of drug-likeness (QED) is 0.762. The van der Waals surface area contributed by atoms with Crippen LogP contribution in [0.3, 0.4) is 0 Å². The van der Waals surface area contributed by atoms with Crippen molar-refractivity contribution in [3.05, 3.63) is 47.9 Å². The van der Waals surface area contributed by atoms with Gasteiger partial charge < -0.3 is 10.7 Å². The van der Waals surface area contributed by atoms with Crippen LogP contribution in [-0.4, -0.2) is 15.0 Å². The van der Waals surface area contributed by atoms with E-state index in [4.69, 9.17) is 5.73 Å². The molecule has 0 fully saturated rings. The van der Waals surface area contributed by atoms with E-state index in [1.54, 1.807) is 12.3 Å². The Morgan fingerprint density at radius 1 is 1.05 bits per heavy atom. The summed E-state index contributed by atoms with van der Waals surface area (Å²) in [5.74, 6) is 0.442. The molecule has 0 aliphatic rings. The van der Waals surface area contributed by atoms with Gasteiger partial charge in [0.2, 0.25) is 0 Å². The third kappa shape index (κ3) is 2.47. The van der Waals surface area contributed by atoms with Crippen LogP contribution in [-0.2, 0) is 12.7 Å². The molecular weight excluding hydrogens is 281 g/mol. The summed E-state index contributed by atoms with van der Waals surface area (Å²) in [6.45, 7) is 0.161. The maximum Gasteiger partial charge on any atom is 0.416 e. The molecule has 108 valence electrons. The number of nitrogens with one attached hydrogen (secondary N) is 1. The second-order valence-electron chi connectivity index (χ2n) is 4.51. The fraction of sp³-hybridized carbons (Fsp3) is 0.143. The van der Waals surface area contributed by atoms with E-state index in [-0.39, 0.29) is 6.54 Å². The van der Waals surface area contributed by atoms with Crippen molar-refractivity contribution in [2.75, 3.05) is 0 Å². The number of H-pyrrole nitrogens is 1. The van der Waals surface area contributed by atoms with Crippen LogP contribution >= 0.6 is 0 Å². The summed E-state index contributed by atoms with van der Waals surface area (Å²) in [5, 5.41) is 0. The van der Waals surface area contributed by atoms with E-state index in [1.165, 1.54) is 12.1 Å². The van der Waals surface area contributed by atoms with Crippen molar-refractivity contribution in [2.24, 2.45) is 5.73 Å². The van der Waals surface area contributed by atoms with Crippen molar-refractivity contribution in [1.29, 1.82) is 0 Å². The molecule has 7 heteroatoms.